The van der Waals surface area contributed by atoms with E-state index in [2.05, 4.69) is 26.6 Å². The van der Waals surface area contributed by atoms with Crippen LogP contribution in [0.1, 0.15) is 42.3 Å². The first-order chi connectivity index (χ1) is 12.4. The molecule has 0 aliphatic carbocycles. The van der Waals surface area contributed by atoms with Crippen LogP contribution in [0.5, 0.6) is 0 Å². The molecule has 0 atom stereocenters. The Balaban J connectivity index is 2.17. The summed E-state index contributed by atoms with van der Waals surface area (Å²) in [6, 6.07) is 9.58. The molecule has 2 aromatic carbocycles. The number of carbonyl (C=O) groups is 2. The molecule has 0 spiro atoms. The summed E-state index contributed by atoms with van der Waals surface area (Å²) >= 11 is 2.85. The number of amides is 2. The summed E-state index contributed by atoms with van der Waals surface area (Å²) in [5.41, 5.74) is -0.523. The summed E-state index contributed by atoms with van der Waals surface area (Å²) in [7, 11) is 0. The van der Waals surface area contributed by atoms with Crippen molar-refractivity contribution >= 4 is 33.4 Å². The van der Waals surface area contributed by atoms with Gasteiger partial charge in [-0.3, -0.25) is 4.79 Å². The minimum Gasteiger partial charge on any atom is -0.329 e. The van der Waals surface area contributed by atoms with Crippen molar-refractivity contribution < 1.29 is 22.8 Å². The topological polar surface area (TPSA) is 58.2 Å². The molecule has 0 saturated heterocycles. The van der Waals surface area contributed by atoms with E-state index in [1.165, 1.54) is 19.1 Å². The molecule has 0 unspecified atom stereocenters. The number of alkyl halides is 3. The second kappa shape index (κ2) is 7.72. The molecule has 2 aromatic rings. The molecular formula is C19H18BrF3N2O2. The first-order valence-electron chi connectivity index (χ1n) is 7.97. The van der Waals surface area contributed by atoms with Crippen LogP contribution < -0.4 is 10.6 Å². The number of nitrogens with one attached hydrogen (secondary N) is 2. The monoisotopic (exact) mass is 442 g/mol. The van der Waals surface area contributed by atoms with E-state index in [9.17, 15) is 22.8 Å². The Morgan fingerprint density at radius 1 is 1.04 bits per heavy atom. The summed E-state index contributed by atoms with van der Waals surface area (Å²) in [6.07, 6.45) is -4.54. The van der Waals surface area contributed by atoms with Crippen molar-refractivity contribution in [3.05, 3.63) is 63.6 Å². The maximum atomic E-state index is 13.0. The van der Waals surface area contributed by atoms with Gasteiger partial charge in [0.1, 0.15) is 0 Å². The maximum absolute atomic E-state index is 13.0. The fourth-order valence-electron chi connectivity index (χ4n) is 2.47. The van der Waals surface area contributed by atoms with Crippen LogP contribution in [-0.4, -0.2) is 11.8 Å². The Morgan fingerprint density at radius 3 is 2.30 bits per heavy atom. The van der Waals surface area contributed by atoms with E-state index in [1.54, 1.807) is 38.1 Å². The van der Waals surface area contributed by atoms with E-state index in [1.807, 2.05) is 0 Å². The highest BCUT2D eigenvalue weighted by Crippen LogP contribution is 2.36. The SMILES string of the molecule is CC(=O)c1cccc(C(C)(C)NC(=O)Nc2ccc(Br)c(C(F)(F)F)c2)c1. The van der Waals surface area contributed by atoms with E-state index in [0.717, 1.165) is 6.07 Å². The lowest BCUT2D eigenvalue weighted by Gasteiger charge is -2.27. The molecular weight excluding hydrogens is 425 g/mol. The number of urea groups is 1. The Bertz CT molecular complexity index is 879. The molecule has 0 aromatic heterocycles. The zero-order valence-electron chi connectivity index (χ0n) is 14.9. The highest BCUT2D eigenvalue weighted by molar-refractivity contribution is 9.10. The molecule has 0 heterocycles. The van der Waals surface area contributed by atoms with Gasteiger partial charge in [-0.1, -0.05) is 34.1 Å². The van der Waals surface area contributed by atoms with Gasteiger partial charge in [-0.15, -0.1) is 0 Å². The van der Waals surface area contributed by atoms with Crippen molar-refractivity contribution in [1.82, 2.24) is 5.32 Å². The molecule has 2 rings (SSSR count). The predicted molar refractivity (Wildman–Crippen MR) is 101 cm³/mol. The van der Waals surface area contributed by atoms with Crippen LogP contribution in [0, 0.1) is 0 Å². The molecule has 0 bridgehead atoms. The average Bonchev–Trinajstić information content (AvgIpc) is 2.55. The maximum Gasteiger partial charge on any atom is 0.417 e. The van der Waals surface area contributed by atoms with Crippen LogP contribution >= 0.6 is 15.9 Å². The molecule has 0 aliphatic heterocycles. The number of hydrogen-bond acceptors (Lipinski definition) is 2. The van der Waals surface area contributed by atoms with E-state index in [0.29, 0.717) is 11.1 Å². The predicted octanol–water partition coefficient (Wildman–Crippen LogP) is 5.73. The highest BCUT2D eigenvalue weighted by Gasteiger charge is 2.33. The lowest BCUT2D eigenvalue weighted by molar-refractivity contribution is -0.138. The van der Waals surface area contributed by atoms with Gasteiger partial charge in [-0.05, 0) is 50.6 Å². The standard InChI is InChI=1S/C19H18BrF3N2O2/c1-11(26)12-5-4-6-13(9-12)18(2,3)25-17(27)24-14-7-8-16(20)15(10-14)19(21,22)23/h4-10H,1-3H3,(H2,24,25,27). The van der Waals surface area contributed by atoms with Gasteiger partial charge in [0, 0.05) is 15.7 Å². The van der Waals surface area contributed by atoms with E-state index in [4.69, 9.17) is 0 Å². The van der Waals surface area contributed by atoms with Gasteiger partial charge in [-0.25, -0.2) is 4.79 Å². The number of benzene rings is 2. The van der Waals surface area contributed by atoms with Gasteiger partial charge in [0.05, 0.1) is 11.1 Å². The van der Waals surface area contributed by atoms with Crippen LogP contribution in [0.2, 0.25) is 0 Å². The number of rotatable bonds is 4. The Kier molecular flexibility index (Phi) is 5.99. The Morgan fingerprint density at radius 2 is 1.70 bits per heavy atom. The molecule has 2 N–H and O–H groups in total. The summed E-state index contributed by atoms with van der Waals surface area (Å²) in [4.78, 5) is 23.8. The van der Waals surface area contributed by atoms with Gasteiger partial charge in [-0.2, -0.15) is 13.2 Å². The van der Waals surface area contributed by atoms with Crippen LogP contribution in [-0.2, 0) is 11.7 Å². The molecule has 0 saturated carbocycles. The number of Topliss-reactive ketones (excluding diaryl/α,β-unsaturated/α-hetero) is 1. The van der Waals surface area contributed by atoms with Crippen LogP contribution in [0.4, 0.5) is 23.7 Å². The van der Waals surface area contributed by atoms with Crippen molar-refractivity contribution in [3.8, 4) is 0 Å². The third-order valence-corrected chi connectivity index (χ3v) is 4.64. The van der Waals surface area contributed by atoms with Gasteiger partial charge in [0.15, 0.2) is 5.78 Å². The smallest absolute Gasteiger partial charge is 0.329 e. The van der Waals surface area contributed by atoms with Crippen molar-refractivity contribution in [3.63, 3.8) is 0 Å². The summed E-state index contributed by atoms with van der Waals surface area (Å²) < 4.78 is 38.8. The highest BCUT2D eigenvalue weighted by atomic mass is 79.9. The van der Waals surface area contributed by atoms with Crippen molar-refractivity contribution in [1.29, 1.82) is 0 Å². The van der Waals surface area contributed by atoms with E-state index < -0.39 is 23.3 Å². The molecule has 27 heavy (non-hydrogen) atoms. The average molecular weight is 443 g/mol. The van der Waals surface area contributed by atoms with Crippen molar-refractivity contribution in [2.24, 2.45) is 0 Å². The summed E-state index contributed by atoms with van der Waals surface area (Å²) in [5, 5.41) is 5.11. The zero-order valence-corrected chi connectivity index (χ0v) is 16.5. The number of carbonyl (C=O) groups excluding carboxylic acids is 2. The fraction of sp³-hybridized carbons (Fsp3) is 0.263. The molecule has 8 heteroatoms. The van der Waals surface area contributed by atoms with Crippen molar-refractivity contribution in [2.75, 3.05) is 5.32 Å². The van der Waals surface area contributed by atoms with Gasteiger partial charge in [0.2, 0.25) is 0 Å². The molecule has 2 amide bonds. The van der Waals surface area contributed by atoms with E-state index >= 15 is 0 Å². The molecule has 0 radical (unpaired) electrons. The quantitative estimate of drug-likeness (QED) is 0.594. The van der Waals surface area contributed by atoms with Gasteiger partial charge < -0.3 is 10.6 Å². The Labute approximate surface area is 163 Å². The number of anilines is 1. The van der Waals surface area contributed by atoms with Crippen LogP contribution in [0.15, 0.2) is 46.9 Å². The minimum absolute atomic E-state index is 0.0105. The fourth-order valence-corrected chi connectivity index (χ4v) is 2.94. The largest absolute Gasteiger partial charge is 0.417 e. The second-order valence-electron chi connectivity index (χ2n) is 6.53. The Hall–Kier alpha value is -2.35. The molecule has 4 nitrogen and oxygen atoms in total. The van der Waals surface area contributed by atoms with Crippen LogP contribution in [0.25, 0.3) is 0 Å². The third-order valence-electron chi connectivity index (χ3n) is 3.95. The van der Waals surface area contributed by atoms with Gasteiger partial charge in [0.25, 0.3) is 0 Å². The van der Waals surface area contributed by atoms with Gasteiger partial charge >= 0.3 is 12.2 Å². The lowest BCUT2D eigenvalue weighted by Crippen LogP contribution is -2.43. The number of hydrogen-bond donors (Lipinski definition) is 2. The summed E-state index contributed by atoms with van der Waals surface area (Å²) in [6.45, 7) is 4.90. The second-order valence-corrected chi connectivity index (χ2v) is 7.39. The summed E-state index contributed by atoms with van der Waals surface area (Å²) in [5.74, 6) is -0.105. The van der Waals surface area contributed by atoms with Crippen LogP contribution in [0.3, 0.4) is 0 Å². The minimum atomic E-state index is -4.54. The van der Waals surface area contributed by atoms with Crippen molar-refractivity contribution in [2.45, 2.75) is 32.5 Å². The zero-order chi connectivity index (χ0) is 20.4. The molecule has 144 valence electrons. The normalized spacial score (nSPS) is 11.8. The molecule has 0 aliphatic rings. The number of halogens is 4. The third kappa shape index (κ3) is 5.32. The number of ketones is 1. The lowest BCUT2D eigenvalue weighted by atomic mass is 9.92. The first-order valence-corrected chi connectivity index (χ1v) is 8.77. The van der Waals surface area contributed by atoms with E-state index in [-0.39, 0.29) is 15.9 Å². The first kappa shape index (κ1) is 21.0. The molecule has 0 fully saturated rings.